The first-order valence-electron chi connectivity index (χ1n) is 7.11. The van der Waals surface area contributed by atoms with Crippen molar-refractivity contribution in [3.8, 4) is 0 Å². The molecule has 4 aliphatic rings. The van der Waals surface area contributed by atoms with Crippen LogP contribution in [-0.4, -0.2) is 72.7 Å². The largest absolute Gasteiger partial charge is 0.330 e. The van der Waals surface area contributed by atoms with Gasteiger partial charge in [-0.1, -0.05) is 12.8 Å². The number of nitrogens with zero attached hydrogens (tertiary/aromatic N) is 4. The van der Waals surface area contributed by atoms with Gasteiger partial charge in [0.25, 0.3) is 0 Å². The van der Waals surface area contributed by atoms with Gasteiger partial charge in [-0.05, 0) is 25.9 Å². The maximum absolute atomic E-state index is 5.28. The molecule has 0 unspecified atom stereocenters. The van der Waals surface area contributed by atoms with E-state index in [-0.39, 0.29) is 0 Å². The van der Waals surface area contributed by atoms with Gasteiger partial charge >= 0.3 is 0 Å². The molecule has 4 aliphatic heterocycles. The average molecular weight is 256 g/mol. The molecule has 4 N–H and O–H groups in total. The van der Waals surface area contributed by atoms with Crippen molar-refractivity contribution in [1.29, 1.82) is 0 Å². The third-order valence-corrected chi connectivity index (χ3v) is 3.56. The predicted octanol–water partition coefficient (Wildman–Crippen LogP) is -0.556. The average Bonchev–Trinajstić information content (AvgIpc) is 2.34. The minimum atomic E-state index is 0.824. The van der Waals surface area contributed by atoms with Crippen molar-refractivity contribution in [2.75, 3.05) is 53.1 Å². The summed E-state index contributed by atoms with van der Waals surface area (Å²) in [6.07, 6.45) is 4.79. The Morgan fingerprint density at radius 1 is 0.500 bits per heavy atom. The Kier molecular flexibility index (Phi) is 5.81. The molecule has 106 valence electrons. The smallest absolute Gasteiger partial charge is 0.0555 e. The van der Waals surface area contributed by atoms with Crippen molar-refractivity contribution in [2.45, 2.75) is 25.7 Å². The Balaban J connectivity index is 0.000000139. The van der Waals surface area contributed by atoms with E-state index in [0.29, 0.717) is 0 Å². The summed E-state index contributed by atoms with van der Waals surface area (Å²) in [7, 11) is 0. The van der Waals surface area contributed by atoms with Crippen LogP contribution in [0.25, 0.3) is 0 Å². The van der Waals surface area contributed by atoms with Crippen LogP contribution in [0.15, 0.2) is 0 Å². The van der Waals surface area contributed by atoms with Gasteiger partial charge in [-0.3, -0.25) is 19.6 Å². The SMILES string of the molecule is C1N2CN3CN1CN(C2)C3.NCCCCCCN. The van der Waals surface area contributed by atoms with E-state index in [1.165, 1.54) is 52.9 Å². The third kappa shape index (κ3) is 4.15. The molecule has 0 amide bonds. The summed E-state index contributed by atoms with van der Waals surface area (Å²) in [6.45, 7) is 8.77. The second-order valence-electron chi connectivity index (χ2n) is 5.52. The van der Waals surface area contributed by atoms with Crippen LogP contribution < -0.4 is 11.5 Å². The topological polar surface area (TPSA) is 65.0 Å². The molecule has 0 aromatic heterocycles. The second-order valence-corrected chi connectivity index (χ2v) is 5.52. The molecule has 6 heteroatoms. The fourth-order valence-corrected chi connectivity index (χ4v) is 2.88. The Labute approximate surface area is 110 Å². The summed E-state index contributed by atoms with van der Waals surface area (Å²) in [5.41, 5.74) is 10.6. The van der Waals surface area contributed by atoms with Gasteiger partial charge in [0.2, 0.25) is 0 Å². The lowest BCUT2D eigenvalue weighted by molar-refractivity contribution is -0.194. The van der Waals surface area contributed by atoms with Crippen LogP contribution in [0.5, 0.6) is 0 Å². The predicted molar refractivity (Wildman–Crippen MR) is 73.1 cm³/mol. The van der Waals surface area contributed by atoms with Crippen molar-refractivity contribution >= 4 is 0 Å². The first-order chi connectivity index (χ1) is 8.81. The Hall–Kier alpha value is -0.240. The number of nitrogens with two attached hydrogens (primary N) is 2. The quantitative estimate of drug-likeness (QED) is 0.643. The molecule has 4 heterocycles. The minimum absolute atomic E-state index is 0.824. The molecule has 0 radical (unpaired) electrons. The highest BCUT2D eigenvalue weighted by molar-refractivity contribution is 4.79. The van der Waals surface area contributed by atoms with E-state index in [9.17, 15) is 0 Å². The lowest BCUT2D eigenvalue weighted by atomic mass is 10.2. The van der Waals surface area contributed by atoms with E-state index < -0.39 is 0 Å². The zero-order chi connectivity index (χ0) is 12.8. The second kappa shape index (κ2) is 7.37. The number of hydrogen-bond donors (Lipinski definition) is 2. The molecule has 0 aromatic rings. The number of unbranched alkanes of at least 4 members (excludes halogenated alkanes) is 3. The van der Waals surface area contributed by atoms with Crippen molar-refractivity contribution in [3.63, 3.8) is 0 Å². The molecule has 4 fully saturated rings. The molecule has 0 atom stereocenters. The zero-order valence-electron chi connectivity index (χ0n) is 11.4. The number of hydrogen-bond acceptors (Lipinski definition) is 6. The van der Waals surface area contributed by atoms with E-state index in [0.717, 1.165) is 25.9 Å². The maximum atomic E-state index is 5.28. The van der Waals surface area contributed by atoms with Crippen molar-refractivity contribution < 1.29 is 0 Å². The fourth-order valence-electron chi connectivity index (χ4n) is 2.88. The summed E-state index contributed by atoms with van der Waals surface area (Å²) in [5, 5.41) is 0. The Bertz CT molecular complexity index is 172. The van der Waals surface area contributed by atoms with Gasteiger partial charge in [0.1, 0.15) is 0 Å². The molecular formula is C12H28N6. The summed E-state index contributed by atoms with van der Waals surface area (Å²) < 4.78 is 0. The summed E-state index contributed by atoms with van der Waals surface area (Å²) in [4.78, 5) is 9.88. The van der Waals surface area contributed by atoms with E-state index in [1.807, 2.05) is 0 Å². The highest BCUT2D eigenvalue weighted by Gasteiger charge is 2.36. The van der Waals surface area contributed by atoms with Gasteiger partial charge in [-0.2, -0.15) is 0 Å². The Morgan fingerprint density at radius 2 is 0.778 bits per heavy atom. The fraction of sp³-hybridized carbons (Fsp3) is 1.00. The normalized spacial score (nSPS) is 36.3. The lowest BCUT2D eigenvalue weighted by Gasteiger charge is -2.56. The van der Waals surface area contributed by atoms with E-state index in [1.54, 1.807) is 0 Å². The van der Waals surface area contributed by atoms with Crippen LogP contribution in [0, 0.1) is 0 Å². The first-order valence-corrected chi connectivity index (χ1v) is 7.11. The van der Waals surface area contributed by atoms with Crippen LogP contribution in [-0.2, 0) is 0 Å². The van der Waals surface area contributed by atoms with E-state index >= 15 is 0 Å². The first kappa shape index (κ1) is 14.2. The van der Waals surface area contributed by atoms with Gasteiger partial charge < -0.3 is 11.5 Å². The van der Waals surface area contributed by atoms with Crippen molar-refractivity contribution in [1.82, 2.24) is 19.6 Å². The monoisotopic (exact) mass is 256 g/mol. The Morgan fingerprint density at radius 3 is 1.00 bits per heavy atom. The molecule has 4 saturated heterocycles. The maximum Gasteiger partial charge on any atom is 0.0555 e. The van der Waals surface area contributed by atoms with E-state index in [2.05, 4.69) is 19.6 Å². The molecule has 0 aromatic carbocycles. The molecular weight excluding hydrogens is 228 g/mol. The van der Waals surface area contributed by atoms with Gasteiger partial charge in [0.15, 0.2) is 0 Å². The van der Waals surface area contributed by atoms with Gasteiger partial charge in [0.05, 0.1) is 40.0 Å². The van der Waals surface area contributed by atoms with Crippen LogP contribution in [0.2, 0.25) is 0 Å². The molecule has 0 saturated carbocycles. The number of rotatable bonds is 5. The van der Waals surface area contributed by atoms with Crippen LogP contribution >= 0.6 is 0 Å². The van der Waals surface area contributed by atoms with Gasteiger partial charge in [0, 0.05) is 0 Å². The van der Waals surface area contributed by atoms with Crippen molar-refractivity contribution in [2.24, 2.45) is 11.5 Å². The summed E-state index contributed by atoms with van der Waals surface area (Å²) in [6, 6.07) is 0. The summed E-state index contributed by atoms with van der Waals surface area (Å²) in [5.74, 6) is 0. The van der Waals surface area contributed by atoms with Crippen LogP contribution in [0.3, 0.4) is 0 Å². The standard InChI is InChI=1S/C6H12N4.C6H16N2/c1-7-2-9-4-8(1)5-10(3-7)6-9;7-5-3-1-2-4-6-8/h1-6H2;1-8H2. The third-order valence-electron chi connectivity index (χ3n) is 3.56. The van der Waals surface area contributed by atoms with Crippen LogP contribution in [0.1, 0.15) is 25.7 Å². The molecule has 6 nitrogen and oxygen atoms in total. The molecule has 0 spiro atoms. The molecule has 0 aliphatic carbocycles. The lowest BCUT2D eigenvalue weighted by Crippen LogP contribution is -2.71. The molecule has 4 rings (SSSR count). The summed E-state index contributed by atoms with van der Waals surface area (Å²) >= 11 is 0. The van der Waals surface area contributed by atoms with Gasteiger partial charge in [-0.15, -0.1) is 0 Å². The molecule has 4 bridgehead atoms. The van der Waals surface area contributed by atoms with Crippen molar-refractivity contribution in [3.05, 3.63) is 0 Å². The minimum Gasteiger partial charge on any atom is -0.330 e. The highest BCUT2D eigenvalue weighted by Crippen LogP contribution is 2.20. The van der Waals surface area contributed by atoms with E-state index in [4.69, 9.17) is 11.5 Å². The zero-order valence-corrected chi connectivity index (χ0v) is 11.4. The van der Waals surface area contributed by atoms with Gasteiger partial charge in [-0.25, -0.2) is 0 Å². The molecule has 18 heavy (non-hydrogen) atoms. The van der Waals surface area contributed by atoms with Crippen LogP contribution in [0.4, 0.5) is 0 Å². The highest BCUT2D eigenvalue weighted by atomic mass is 15.7.